The molecule has 0 aliphatic carbocycles. The van der Waals surface area contributed by atoms with Crippen LogP contribution in [-0.2, 0) is 4.79 Å². The van der Waals surface area contributed by atoms with Gasteiger partial charge in [0.15, 0.2) is 5.82 Å². The van der Waals surface area contributed by atoms with E-state index in [2.05, 4.69) is 20.3 Å². The molecule has 134 valence electrons. The number of aliphatic hydroxyl groups excluding tert-OH is 1. The lowest BCUT2D eigenvalue weighted by atomic mass is 10.0. The molecular formula is C18H24N4O3. The molecule has 1 amide bonds. The van der Waals surface area contributed by atoms with Gasteiger partial charge in [0.25, 0.3) is 0 Å². The van der Waals surface area contributed by atoms with Crippen LogP contribution in [0.5, 0.6) is 0 Å². The highest BCUT2D eigenvalue weighted by atomic mass is 16.5. The first-order valence-electron chi connectivity index (χ1n) is 8.54. The van der Waals surface area contributed by atoms with E-state index in [0.717, 1.165) is 31.7 Å². The molecule has 0 saturated carbocycles. The first kappa shape index (κ1) is 17.6. The molecule has 1 fully saturated rings. The zero-order valence-electron chi connectivity index (χ0n) is 14.4. The van der Waals surface area contributed by atoms with E-state index in [0.29, 0.717) is 18.1 Å². The number of β-amino-alcohol motifs (C(OH)–C–C–N with tert-alkyl or cyclic N) is 1. The minimum Gasteiger partial charge on any atom is -0.395 e. The summed E-state index contributed by atoms with van der Waals surface area (Å²) in [4.78, 5) is 17.3. The van der Waals surface area contributed by atoms with E-state index in [1.165, 1.54) is 0 Å². The normalized spacial score (nSPS) is 17.4. The number of aromatic nitrogens is 1. The summed E-state index contributed by atoms with van der Waals surface area (Å²) in [7, 11) is 0. The van der Waals surface area contributed by atoms with Crippen molar-refractivity contribution in [1.29, 1.82) is 0 Å². The van der Waals surface area contributed by atoms with E-state index in [1.54, 1.807) is 13.0 Å². The lowest BCUT2D eigenvalue weighted by Gasteiger charge is -2.38. The average molecular weight is 344 g/mol. The highest BCUT2D eigenvalue weighted by Gasteiger charge is 2.30. The molecule has 3 rings (SSSR count). The summed E-state index contributed by atoms with van der Waals surface area (Å²) in [5, 5.41) is 15.8. The molecule has 0 unspecified atom stereocenters. The zero-order chi connectivity index (χ0) is 17.6. The Labute approximate surface area is 147 Å². The van der Waals surface area contributed by atoms with Gasteiger partial charge in [-0.1, -0.05) is 35.5 Å². The molecule has 1 aliphatic heterocycles. The van der Waals surface area contributed by atoms with Crippen LogP contribution in [-0.4, -0.2) is 65.3 Å². The van der Waals surface area contributed by atoms with Gasteiger partial charge in [0.05, 0.1) is 6.61 Å². The molecule has 0 bridgehead atoms. The van der Waals surface area contributed by atoms with Gasteiger partial charge in [0, 0.05) is 38.8 Å². The second-order valence-electron chi connectivity index (χ2n) is 6.23. The molecule has 25 heavy (non-hydrogen) atoms. The van der Waals surface area contributed by atoms with E-state index in [-0.39, 0.29) is 18.6 Å². The van der Waals surface area contributed by atoms with Crippen LogP contribution in [0, 0.1) is 6.92 Å². The fourth-order valence-corrected chi connectivity index (χ4v) is 3.17. The Hall–Kier alpha value is -2.22. The number of carbonyl (C=O) groups excluding carboxylic acids is 1. The maximum atomic E-state index is 12.9. The van der Waals surface area contributed by atoms with Crippen LogP contribution in [0.2, 0.25) is 0 Å². The van der Waals surface area contributed by atoms with Crippen molar-refractivity contribution in [1.82, 2.24) is 15.0 Å². The van der Waals surface area contributed by atoms with Crippen molar-refractivity contribution < 1.29 is 14.4 Å². The van der Waals surface area contributed by atoms with Crippen LogP contribution in [0.25, 0.3) is 0 Å². The number of nitrogens with one attached hydrogen (secondary N) is 1. The summed E-state index contributed by atoms with van der Waals surface area (Å²) in [6.45, 7) is 5.83. The van der Waals surface area contributed by atoms with Gasteiger partial charge >= 0.3 is 0 Å². The van der Waals surface area contributed by atoms with Gasteiger partial charge in [-0.2, -0.15) is 0 Å². The number of aliphatic hydroxyl groups is 1. The van der Waals surface area contributed by atoms with E-state index >= 15 is 0 Å². The summed E-state index contributed by atoms with van der Waals surface area (Å²) < 4.78 is 5.03. The smallest absolute Gasteiger partial charge is 0.247 e. The minimum atomic E-state index is -0.380. The molecule has 2 heterocycles. The predicted octanol–water partition coefficient (Wildman–Crippen LogP) is 1.27. The van der Waals surface area contributed by atoms with Gasteiger partial charge in [-0.15, -0.1) is 0 Å². The molecular weight excluding hydrogens is 320 g/mol. The van der Waals surface area contributed by atoms with Crippen LogP contribution in [0.3, 0.4) is 0 Å². The van der Waals surface area contributed by atoms with E-state index in [4.69, 9.17) is 9.63 Å². The van der Waals surface area contributed by atoms with Gasteiger partial charge in [-0.3, -0.25) is 14.6 Å². The Morgan fingerprint density at radius 1 is 1.28 bits per heavy atom. The molecule has 1 aromatic carbocycles. The van der Waals surface area contributed by atoms with E-state index < -0.39 is 0 Å². The SMILES string of the molecule is Cc1cc(NC(=O)[C@@H](c2ccccc2)N2CCN(CCO)CC2)no1. The summed E-state index contributed by atoms with van der Waals surface area (Å²) in [6, 6.07) is 11.1. The largest absolute Gasteiger partial charge is 0.395 e. The van der Waals surface area contributed by atoms with Crippen molar-refractivity contribution in [2.24, 2.45) is 0 Å². The lowest BCUT2D eigenvalue weighted by molar-refractivity contribution is -0.122. The van der Waals surface area contributed by atoms with Crippen LogP contribution < -0.4 is 5.32 Å². The number of nitrogens with zero attached hydrogens (tertiary/aromatic N) is 3. The number of aryl methyl sites for hydroxylation is 1. The van der Waals surface area contributed by atoms with Crippen molar-refractivity contribution in [3.63, 3.8) is 0 Å². The monoisotopic (exact) mass is 344 g/mol. The molecule has 7 nitrogen and oxygen atoms in total. The summed E-state index contributed by atoms with van der Waals surface area (Å²) in [5.74, 6) is 0.974. The molecule has 0 spiro atoms. The number of piperazine rings is 1. The standard InChI is InChI=1S/C18H24N4O3/c1-14-13-16(20-25-14)19-18(24)17(15-5-3-2-4-6-15)22-9-7-21(8-10-22)11-12-23/h2-6,13,17,23H,7-12H2,1H3,(H,19,20,24)/t17-/m1/s1. The quantitative estimate of drug-likeness (QED) is 0.821. The first-order chi connectivity index (χ1) is 12.2. The Morgan fingerprint density at radius 3 is 2.60 bits per heavy atom. The van der Waals surface area contributed by atoms with Gasteiger partial charge in [0.2, 0.25) is 5.91 Å². The van der Waals surface area contributed by atoms with Crippen molar-refractivity contribution >= 4 is 11.7 Å². The van der Waals surface area contributed by atoms with Crippen molar-refractivity contribution in [3.05, 3.63) is 47.7 Å². The lowest BCUT2D eigenvalue weighted by Crippen LogP contribution is -2.50. The summed E-state index contributed by atoms with van der Waals surface area (Å²) in [6.07, 6.45) is 0. The molecule has 0 radical (unpaired) electrons. The van der Waals surface area contributed by atoms with Crippen molar-refractivity contribution in [2.45, 2.75) is 13.0 Å². The molecule has 1 aliphatic rings. The third-order valence-electron chi connectivity index (χ3n) is 4.43. The number of rotatable bonds is 6. The Balaban J connectivity index is 1.75. The fourth-order valence-electron chi connectivity index (χ4n) is 3.17. The molecule has 2 N–H and O–H groups in total. The number of carbonyl (C=O) groups is 1. The van der Waals surface area contributed by atoms with Crippen molar-refractivity contribution in [3.8, 4) is 0 Å². The van der Waals surface area contributed by atoms with Gasteiger partial charge in [-0.25, -0.2) is 0 Å². The number of amides is 1. The third-order valence-corrected chi connectivity index (χ3v) is 4.43. The van der Waals surface area contributed by atoms with Crippen LogP contribution in [0.15, 0.2) is 40.9 Å². The molecule has 1 aromatic heterocycles. The highest BCUT2D eigenvalue weighted by molar-refractivity contribution is 5.94. The van der Waals surface area contributed by atoms with E-state index in [1.807, 2.05) is 30.3 Å². The third kappa shape index (κ3) is 4.45. The summed E-state index contributed by atoms with van der Waals surface area (Å²) >= 11 is 0. The molecule has 1 saturated heterocycles. The summed E-state index contributed by atoms with van der Waals surface area (Å²) in [5.41, 5.74) is 0.954. The topological polar surface area (TPSA) is 81.8 Å². The van der Waals surface area contributed by atoms with Crippen molar-refractivity contribution in [2.75, 3.05) is 44.6 Å². The number of anilines is 1. The fraction of sp³-hybridized carbons (Fsp3) is 0.444. The molecule has 2 aromatic rings. The Kier molecular flexibility index (Phi) is 5.80. The average Bonchev–Trinajstić information content (AvgIpc) is 3.03. The van der Waals surface area contributed by atoms with Gasteiger partial charge in [0.1, 0.15) is 11.8 Å². The number of hydrogen-bond donors (Lipinski definition) is 2. The first-order valence-corrected chi connectivity index (χ1v) is 8.54. The predicted molar refractivity (Wildman–Crippen MR) is 94.2 cm³/mol. The van der Waals surface area contributed by atoms with Crippen LogP contribution in [0.4, 0.5) is 5.82 Å². The zero-order valence-corrected chi connectivity index (χ0v) is 14.4. The van der Waals surface area contributed by atoms with Gasteiger partial charge < -0.3 is 14.9 Å². The van der Waals surface area contributed by atoms with Crippen LogP contribution >= 0.6 is 0 Å². The molecule has 1 atom stereocenters. The van der Waals surface area contributed by atoms with Crippen LogP contribution in [0.1, 0.15) is 17.4 Å². The van der Waals surface area contributed by atoms with Gasteiger partial charge in [-0.05, 0) is 12.5 Å². The second kappa shape index (κ2) is 8.24. The van der Waals surface area contributed by atoms with E-state index in [9.17, 15) is 4.79 Å². The highest BCUT2D eigenvalue weighted by Crippen LogP contribution is 2.24. The maximum absolute atomic E-state index is 12.9. The minimum absolute atomic E-state index is 0.116. The second-order valence-corrected chi connectivity index (χ2v) is 6.23. The number of hydrogen-bond acceptors (Lipinski definition) is 6. The maximum Gasteiger partial charge on any atom is 0.247 e. The Bertz CT molecular complexity index is 681. The Morgan fingerprint density at radius 2 is 2.00 bits per heavy atom. The molecule has 7 heteroatoms. The number of benzene rings is 1.